The first-order valence-corrected chi connectivity index (χ1v) is 12.3. The van der Waals surface area contributed by atoms with E-state index in [9.17, 15) is 9.36 Å². The molecule has 0 spiro atoms. The van der Waals surface area contributed by atoms with Crippen LogP contribution in [0.25, 0.3) is 0 Å². The van der Waals surface area contributed by atoms with Gasteiger partial charge in [-0.2, -0.15) is 5.10 Å². The number of phosphoric ester groups is 1. The Morgan fingerprint density at radius 1 is 1.21 bits per heavy atom. The maximum Gasteiger partial charge on any atom is 0.469 e. The summed E-state index contributed by atoms with van der Waals surface area (Å²) in [5.74, 6) is 0. The van der Waals surface area contributed by atoms with Gasteiger partial charge in [-0.15, -0.1) is 5.10 Å². The molecule has 2 aromatic heterocycles. The van der Waals surface area contributed by atoms with E-state index in [-0.39, 0.29) is 31.4 Å². The molecule has 1 aromatic carbocycles. The number of carbonyl (C=O) groups is 1. The quantitative estimate of drug-likeness (QED) is 0.463. The summed E-state index contributed by atoms with van der Waals surface area (Å²) in [6.07, 6.45) is 5.32. The fraction of sp³-hybridized carbons (Fsp3) is 0.400. The molecule has 0 unspecified atom stereocenters. The number of hydrogen-bond acceptors (Lipinski definition) is 8. The Hall–Kier alpha value is -3.25. The van der Waals surface area contributed by atoms with Crippen LogP contribution in [-0.4, -0.2) is 59.4 Å². The van der Waals surface area contributed by atoms with Crippen molar-refractivity contribution in [3.8, 4) is 0 Å². The highest BCUT2D eigenvalue weighted by Crippen LogP contribution is 2.41. The van der Waals surface area contributed by atoms with Crippen molar-refractivity contribution in [3.05, 3.63) is 53.6 Å². The maximum absolute atomic E-state index is 12.6. The summed E-state index contributed by atoms with van der Waals surface area (Å²) in [6, 6.07) is 6.03. The van der Waals surface area contributed by atoms with Crippen LogP contribution in [0.4, 0.5) is 16.2 Å². The van der Waals surface area contributed by atoms with Gasteiger partial charge < -0.3 is 19.4 Å². The number of aromatic nitrogens is 5. The van der Waals surface area contributed by atoms with Gasteiger partial charge in [0.25, 0.3) is 0 Å². The Morgan fingerprint density at radius 2 is 2.09 bits per heavy atom. The summed E-state index contributed by atoms with van der Waals surface area (Å²) in [6.45, 7) is 1.92. The molecule has 13 nitrogen and oxygen atoms in total. The van der Waals surface area contributed by atoms with Crippen LogP contribution in [0.5, 0.6) is 0 Å². The van der Waals surface area contributed by atoms with Gasteiger partial charge in [0.2, 0.25) is 0 Å². The lowest BCUT2D eigenvalue weighted by Gasteiger charge is -2.20. The number of phosphoric acid groups is 1. The third kappa shape index (κ3) is 3.86. The van der Waals surface area contributed by atoms with E-state index in [2.05, 4.69) is 30.9 Å². The highest BCUT2D eigenvalue weighted by Gasteiger charge is 2.47. The number of amides is 1. The Kier molecular flexibility index (Phi) is 4.96. The zero-order valence-electron chi connectivity index (χ0n) is 18.0. The molecule has 3 aromatic rings. The van der Waals surface area contributed by atoms with E-state index in [1.165, 1.54) is 0 Å². The normalized spacial score (nSPS) is 21.1. The van der Waals surface area contributed by atoms with Gasteiger partial charge in [0, 0.05) is 30.2 Å². The monoisotopic (exact) mass is 487 g/mol. The van der Waals surface area contributed by atoms with Crippen molar-refractivity contribution in [1.29, 1.82) is 0 Å². The van der Waals surface area contributed by atoms with Crippen molar-refractivity contribution >= 4 is 25.3 Å². The number of ether oxygens (including phenoxy) is 1. The smallest absolute Gasteiger partial charge is 0.442 e. The SMILES string of the molecule is O=C1O[C@@H](Cn2ccnn2)[C@@H]2Cc3cc(N4Cc5cn(CCOP(=O)(O)O)nc5C4)ccc3N12. The number of hydrogen-bond donors (Lipinski definition) is 2. The largest absolute Gasteiger partial charge is 0.469 e. The zero-order valence-corrected chi connectivity index (χ0v) is 18.9. The molecule has 2 atom stereocenters. The molecule has 0 bridgehead atoms. The maximum atomic E-state index is 12.6. The minimum atomic E-state index is -4.48. The van der Waals surface area contributed by atoms with E-state index >= 15 is 0 Å². The topological polar surface area (TPSA) is 148 Å². The van der Waals surface area contributed by atoms with Gasteiger partial charge in [-0.1, -0.05) is 5.21 Å². The summed E-state index contributed by atoms with van der Waals surface area (Å²) in [7, 11) is -4.48. The molecule has 2 N–H and O–H groups in total. The van der Waals surface area contributed by atoms with Crippen LogP contribution in [0.1, 0.15) is 16.8 Å². The van der Waals surface area contributed by atoms with Gasteiger partial charge in [-0.3, -0.25) is 14.1 Å². The third-order valence-corrected chi connectivity index (χ3v) is 6.89. The minimum Gasteiger partial charge on any atom is -0.442 e. The van der Waals surface area contributed by atoms with E-state index in [0.29, 0.717) is 26.1 Å². The van der Waals surface area contributed by atoms with Crippen LogP contribution in [0, 0.1) is 0 Å². The van der Waals surface area contributed by atoms with Crippen molar-refractivity contribution < 1.29 is 28.4 Å². The van der Waals surface area contributed by atoms with Crippen LogP contribution >= 0.6 is 7.82 Å². The highest BCUT2D eigenvalue weighted by atomic mass is 31.2. The third-order valence-electron chi connectivity index (χ3n) is 6.37. The van der Waals surface area contributed by atoms with Crippen molar-refractivity contribution in [2.75, 3.05) is 16.4 Å². The van der Waals surface area contributed by atoms with E-state index < -0.39 is 7.82 Å². The molecule has 0 radical (unpaired) electrons. The molecule has 1 fully saturated rings. The van der Waals surface area contributed by atoms with Gasteiger partial charge in [-0.25, -0.2) is 14.0 Å². The molecule has 1 amide bonds. The lowest BCUT2D eigenvalue weighted by atomic mass is 10.0. The van der Waals surface area contributed by atoms with Crippen LogP contribution in [0.3, 0.4) is 0 Å². The molecule has 1 saturated heterocycles. The molecular weight excluding hydrogens is 465 g/mol. The zero-order chi connectivity index (χ0) is 23.4. The molecule has 6 rings (SSSR count). The van der Waals surface area contributed by atoms with Gasteiger partial charge in [0.15, 0.2) is 0 Å². The summed E-state index contributed by atoms with van der Waals surface area (Å²) in [5.41, 5.74) is 5.02. The van der Waals surface area contributed by atoms with E-state index in [4.69, 9.17) is 14.5 Å². The first-order chi connectivity index (χ1) is 16.3. The Morgan fingerprint density at radius 3 is 2.85 bits per heavy atom. The second-order valence-electron chi connectivity index (χ2n) is 8.55. The number of nitrogens with zero attached hydrogens (tertiary/aromatic N) is 7. The Bertz CT molecular complexity index is 1270. The molecule has 3 aliphatic rings. The van der Waals surface area contributed by atoms with E-state index in [1.54, 1.807) is 26.7 Å². The predicted molar refractivity (Wildman–Crippen MR) is 117 cm³/mol. The summed E-state index contributed by atoms with van der Waals surface area (Å²) < 4.78 is 24.2. The molecule has 178 valence electrons. The van der Waals surface area contributed by atoms with E-state index in [1.807, 2.05) is 18.3 Å². The Labute approximate surface area is 193 Å². The lowest BCUT2D eigenvalue weighted by molar-refractivity contribution is 0.117. The van der Waals surface area contributed by atoms with Gasteiger partial charge in [-0.05, 0) is 30.2 Å². The summed E-state index contributed by atoms with van der Waals surface area (Å²) in [5, 5.41) is 12.3. The second-order valence-corrected chi connectivity index (χ2v) is 9.79. The van der Waals surface area contributed by atoms with Crippen LogP contribution < -0.4 is 9.80 Å². The number of carbonyl (C=O) groups excluding carboxylic acids is 1. The van der Waals surface area contributed by atoms with Gasteiger partial charge >= 0.3 is 13.9 Å². The molecular formula is C20H22N7O6P. The lowest BCUT2D eigenvalue weighted by Crippen LogP contribution is -2.35. The molecule has 0 aliphatic carbocycles. The van der Waals surface area contributed by atoms with Crippen LogP contribution in [0.15, 0.2) is 36.8 Å². The average molecular weight is 487 g/mol. The first-order valence-electron chi connectivity index (χ1n) is 10.8. The molecule has 5 heterocycles. The molecule has 3 aliphatic heterocycles. The van der Waals surface area contributed by atoms with Crippen molar-refractivity contribution in [1.82, 2.24) is 24.8 Å². The number of rotatable bonds is 7. The fourth-order valence-corrected chi connectivity index (χ4v) is 5.21. The molecule has 14 heteroatoms. The van der Waals surface area contributed by atoms with Crippen LogP contribution in [-0.2, 0) is 46.4 Å². The van der Waals surface area contributed by atoms with Gasteiger partial charge in [0.1, 0.15) is 6.10 Å². The Balaban J connectivity index is 1.13. The average Bonchev–Trinajstić information content (AvgIpc) is 3.55. The standard InChI is InChI=1S/C20H22N7O6P/c28-20-27-17-2-1-15(7-13(17)8-18(27)19(33-20)12-26-4-3-21-23-26)24-9-14-10-25(22-16(14)11-24)5-6-32-34(29,30)31/h1-4,7,10,18-19H,5-6,8-9,11-12H2,(H2,29,30,31)/t18-,19-/m0/s1. The number of anilines is 2. The van der Waals surface area contributed by atoms with Crippen molar-refractivity contribution in [2.45, 2.75) is 44.7 Å². The molecule has 0 saturated carbocycles. The number of fused-ring (bicyclic) bond motifs is 4. The highest BCUT2D eigenvalue weighted by molar-refractivity contribution is 7.46. The first kappa shape index (κ1) is 21.3. The van der Waals surface area contributed by atoms with E-state index in [0.717, 1.165) is 28.2 Å². The second kappa shape index (κ2) is 7.91. The van der Waals surface area contributed by atoms with Crippen molar-refractivity contribution in [2.24, 2.45) is 0 Å². The van der Waals surface area contributed by atoms with Crippen LogP contribution in [0.2, 0.25) is 0 Å². The fourth-order valence-electron chi connectivity index (χ4n) is 4.89. The van der Waals surface area contributed by atoms with Gasteiger partial charge in [0.05, 0.1) is 49.9 Å². The van der Waals surface area contributed by atoms with Crippen molar-refractivity contribution in [3.63, 3.8) is 0 Å². The minimum absolute atomic E-state index is 0.0732. The number of cyclic esters (lactones) is 1. The summed E-state index contributed by atoms with van der Waals surface area (Å²) >= 11 is 0. The molecule has 34 heavy (non-hydrogen) atoms. The predicted octanol–water partition coefficient (Wildman–Crippen LogP) is 1.05. The number of benzene rings is 1. The summed E-state index contributed by atoms with van der Waals surface area (Å²) in [4.78, 5) is 34.1.